The Balaban J connectivity index is 1.28. The average Bonchev–Trinajstić information content (AvgIpc) is 2.79. The number of halogens is 1. The third-order valence-electron chi connectivity index (χ3n) is 5.82. The van der Waals surface area contributed by atoms with Crippen molar-refractivity contribution in [3.8, 4) is 0 Å². The molecule has 3 heterocycles. The fourth-order valence-corrected chi connectivity index (χ4v) is 4.14. The highest BCUT2D eigenvalue weighted by Gasteiger charge is 2.32. The van der Waals surface area contributed by atoms with Gasteiger partial charge in [-0.1, -0.05) is 12.1 Å². The minimum absolute atomic E-state index is 0.0255. The van der Waals surface area contributed by atoms with Gasteiger partial charge >= 0.3 is 0 Å². The minimum atomic E-state index is -0.224. The number of likely N-dealkylation sites (tertiary alicyclic amines) is 1. The van der Waals surface area contributed by atoms with E-state index in [1.54, 1.807) is 41.6 Å². The molecule has 0 bridgehead atoms. The Hall–Kier alpha value is -2.96. The van der Waals surface area contributed by atoms with Crippen LogP contribution in [0.3, 0.4) is 0 Å². The average molecular weight is 396 g/mol. The number of piperidine rings is 1. The second-order valence-corrected chi connectivity index (χ2v) is 7.57. The van der Waals surface area contributed by atoms with Crippen molar-refractivity contribution in [3.05, 3.63) is 60.2 Å². The van der Waals surface area contributed by atoms with Gasteiger partial charge in [0, 0.05) is 57.6 Å². The zero-order chi connectivity index (χ0) is 20.2. The van der Waals surface area contributed by atoms with Gasteiger partial charge in [-0.05, 0) is 37.1 Å². The summed E-state index contributed by atoms with van der Waals surface area (Å²) in [5, 5.41) is 0. The number of para-hydroxylation sites is 1. The van der Waals surface area contributed by atoms with Gasteiger partial charge in [0.05, 0.1) is 11.3 Å². The van der Waals surface area contributed by atoms with Crippen LogP contribution in [0.1, 0.15) is 23.2 Å². The first kappa shape index (κ1) is 19.4. The molecule has 4 rings (SSSR count). The van der Waals surface area contributed by atoms with Crippen molar-refractivity contribution in [2.24, 2.45) is 5.92 Å². The van der Waals surface area contributed by atoms with E-state index in [0.29, 0.717) is 63.4 Å². The molecule has 2 aliphatic rings. The van der Waals surface area contributed by atoms with E-state index in [4.69, 9.17) is 0 Å². The predicted octanol–water partition coefficient (Wildman–Crippen LogP) is 2.42. The first-order valence-electron chi connectivity index (χ1n) is 10.1. The van der Waals surface area contributed by atoms with Crippen molar-refractivity contribution < 1.29 is 14.0 Å². The summed E-state index contributed by atoms with van der Waals surface area (Å²) in [7, 11) is 0. The second-order valence-electron chi connectivity index (χ2n) is 7.57. The fraction of sp³-hybridized carbons (Fsp3) is 0.409. The number of benzene rings is 1. The van der Waals surface area contributed by atoms with Crippen LogP contribution in [0.2, 0.25) is 0 Å². The number of hydrogen-bond donors (Lipinski definition) is 0. The molecular formula is C22H25FN4O2. The molecule has 2 fully saturated rings. The Morgan fingerprint density at radius 2 is 1.62 bits per heavy atom. The van der Waals surface area contributed by atoms with Crippen molar-refractivity contribution in [1.29, 1.82) is 0 Å². The number of rotatable bonds is 3. The Bertz CT molecular complexity index is 860. The van der Waals surface area contributed by atoms with E-state index in [-0.39, 0.29) is 23.5 Å². The zero-order valence-corrected chi connectivity index (χ0v) is 16.3. The molecule has 7 heteroatoms. The smallest absolute Gasteiger partial charge is 0.255 e. The van der Waals surface area contributed by atoms with Crippen LogP contribution in [0.4, 0.5) is 10.1 Å². The van der Waals surface area contributed by atoms with Crippen LogP contribution in [0.5, 0.6) is 0 Å². The van der Waals surface area contributed by atoms with Crippen LogP contribution < -0.4 is 4.90 Å². The molecule has 0 aliphatic carbocycles. The van der Waals surface area contributed by atoms with Crippen LogP contribution in [0, 0.1) is 11.7 Å². The SMILES string of the molecule is O=C(c1cccnc1)N1CCC(C(=O)N2CCN(c3ccccc3F)CC2)CC1. The molecule has 2 amide bonds. The molecule has 0 saturated carbocycles. The molecule has 0 atom stereocenters. The van der Waals surface area contributed by atoms with E-state index >= 15 is 0 Å². The third-order valence-corrected chi connectivity index (χ3v) is 5.82. The normalized spacial score (nSPS) is 18.0. The van der Waals surface area contributed by atoms with Gasteiger partial charge in [-0.3, -0.25) is 14.6 Å². The maximum Gasteiger partial charge on any atom is 0.255 e. The maximum atomic E-state index is 14.0. The van der Waals surface area contributed by atoms with Gasteiger partial charge < -0.3 is 14.7 Å². The van der Waals surface area contributed by atoms with Gasteiger partial charge in [-0.2, -0.15) is 0 Å². The van der Waals surface area contributed by atoms with Crippen LogP contribution in [0.25, 0.3) is 0 Å². The summed E-state index contributed by atoms with van der Waals surface area (Å²) in [6.07, 6.45) is 4.58. The lowest BCUT2D eigenvalue weighted by Crippen LogP contribution is -2.52. The molecule has 2 saturated heterocycles. The Kier molecular flexibility index (Phi) is 5.74. The number of anilines is 1. The molecule has 6 nitrogen and oxygen atoms in total. The van der Waals surface area contributed by atoms with E-state index in [1.807, 2.05) is 15.9 Å². The Morgan fingerprint density at radius 3 is 2.28 bits per heavy atom. The quantitative estimate of drug-likeness (QED) is 0.800. The summed E-state index contributed by atoms with van der Waals surface area (Å²) in [5.41, 5.74) is 1.18. The molecule has 29 heavy (non-hydrogen) atoms. The number of amides is 2. The maximum absolute atomic E-state index is 14.0. The number of aromatic nitrogens is 1. The van der Waals surface area contributed by atoms with Crippen LogP contribution in [-0.2, 0) is 4.79 Å². The number of pyridine rings is 1. The lowest BCUT2D eigenvalue weighted by Gasteiger charge is -2.39. The van der Waals surface area contributed by atoms with Crippen LogP contribution >= 0.6 is 0 Å². The van der Waals surface area contributed by atoms with E-state index < -0.39 is 0 Å². The molecule has 2 aromatic rings. The molecule has 0 radical (unpaired) electrons. The van der Waals surface area contributed by atoms with Gasteiger partial charge in [0.15, 0.2) is 0 Å². The summed E-state index contributed by atoms with van der Waals surface area (Å²) in [6.45, 7) is 3.62. The zero-order valence-electron chi connectivity index (χ0n) is 16.3. The van der Waals surface area contributed by atoms with E-state index in [1.165, 1.54) is 6.07 Å². The number of piperazine rings is 1. The first-order valence-corrected chi connectivity index (χ1v) is 10.1. The predicted molar refractivity (Wildman–Crippen MR) is 108 cm³/mol. The summed E-state index contributed by atoms with van der Waals surface area (Å²) >= 11 is 0. The number of carbonyl (C=O) groups excluding carboxylic acids is 2. The van der Waals surface area contributed by atoms with Gasteiger partial charge in [0.1, 0.15) is 5.82 Å². The summed E-state index contributed by atoms with van der Waals surface area (Å²) < 4.78 is 14.0. The molecule has 1 aromatic carbocycles. The highest BCUT2D eigenvalue weighted by atomic mass is 19.1. The van der Waals surface area contributed by atoms with Crippen LogP contribution in [0.15, 0.2) is 48.8 Å². The van der Waals surface area contributed by atoms with Gasteiger partial charge in [-0.15, -0.1) is 0 Å². The largest absolute Gasteiger partial charge is 0.366 e. The lowest BCUT2D eigenvalue weighted by atomic mass is 9.94. The van der Waals surface area contributed by atoms with Crippen molar-refractivity contribution >= 4 is 17.5 Å². The van der Waals surface area contributed by atoms with E-state index in [9.17, 15) is 14.0 Å². The molecule has 152 valence electrons. The summed E-state index contributed by atoms with van der Waals surface area (Å²) in [6, 6.07) is 10.3. The minimum Gasteiger partial charge on any atom is -0.366 e. The van der Waals surface area contributed by atoms with Gasteiger partial charge in [0.2, 0.25) is 5.91 Å². The molecule has 0 spiro atoms. The number of hydrogen-bond acceptors (Lipinski definition) is 4. The number of carbonyl (C=O) groups is 2. The second kappa shape index (κ2) is 8.59. The highest BCUT2D eigenvalue weighted by Crippen LogP contribution is 2.24. The lowest BCUT2D eigenvalue weighted by molar-refractivity contribution is -0.137. The molecule has 0 unspecified atom stereocenters. The van der Waals surface area contributed by atoms with Gasteiger partial charge in [0.25, 0.3) is 5.91 Å². The Morgan fingerprint density at radius 1 is 0.897 bits per heavy atom. The fourth-order valence-electron chi connectivity index (χ4n) is 4.14. The van der Waals surface area contributed by atoms with Crippen molar-refractivity contribution in [2.75, 3.05) is 44.2 Å². The molecule has 1 aromatic heterocycles. The van der Waals surface area contributed by atoms with E-state index in [2.05, 4.69) is 4.98 Å². The van der Waals surface area contributed by atoms with E-state index in [0.717, 1.165) is 0 Å². The standard InChI is InChI=1S/C22H25FN4O2/c23-19-5-1-2-6-20(19)25-12-14-27(15-13-25)21(28)17-7-10-26(11-8-17)22(29)18-4-3-9-24-16-18/h1-6,9,16-17H,7-8,10-15H2. The third kappa shape index (κ3) is 4.23. The van der Waals surface area contributed by atoms with Crippen LogP contribution in [-0.4, -0.2) is 65.9 Å². The summed E-state index contributed by atoms with van der Waals surface area (Å²) in [5.74, 6) is -0.139. The highest BCUT2D eigenvalue weighted by molar-refractivity contribution is 5.94. The first-order chi connectivity index (χ1) is 14.1. The van der Waals surface area contributed by atoms with Gasteiger partial charge in [-0.25, -0.2) is 4.39 Å². The monoisotopic (exact) mass is 396 g/mol. The molecule has 0 N–H and O–H groups in total. The topological polar surface area (TPSA) is 56.8 Å². The Labute approximate surface area is 169 Å². The molecular weight excluding hydrogens is 371 g/mol. The van der Waals surface area contributed by atoms with Crippen molar-refractivity contribution in [3.63, 3.8) is 0 Å². The van der Waals surface area contributed by atoms with Crippen molar-refractivity contribution in [2.45, 2.75) is 12.8 Å². The summed E-state index contributed by atoms with van der Waals surface area (Å²) in [4.78, 5) is 35.1. The molecule has 2 aliphatic heterocycles. The van der Waals surface area contributed by atoms with Crippen molar-refractivity contribution in [1.82, 2.24) is 14.8 Å². The number of nitrogens with zero attached hydrogens (tertiary/aromatic N) is 4.